The van der Waals surface area contributed by atoms with Gasteiger partial charge in [-0.25, -0.2) is 0 Å². The fraction of sp³-hybridized carbons (Fsp3) is 0.615. The van der Waals surface area contributed by atoms with Crippen molar-refractivity contribution < 1.29 is 9.90 Å². The Balaban J connectivity index is 1.78. The summed E-state index contributed by atoms with van der Waals surface area (Å²) in [5, 5.41) is 12.9. The Bertz CT molecular complexity index is 342. The summed E-state index contributed by atoms with van der Waals surface area (Å²) in [6.07, 6.45) is 3.49. The maximum atomic E-state index is 12.0. The number of aliphatic hydroxyl groups excluding tert-OH is 1. The average molecular weight is 253 g/mol. The average Bonchev–Trinajstić information content (AvgIpc) is 2.83. The monoisotopic (exact) mass is 253 g/mol. The van der Waals surface area contributed by atoms with Gasteiger partial charge in [-0.1, -0.05) is 0 Å². The molecule has 0 spiro atoms. The van der Waals surface area contributed by atoms with Crippen LogP contribution in [0.15, 0.2) is 16.8 Å². The van der Waals surface area contributed by atoms with Gasteiger partial charge in [0.1, 0.15) is 0 Å². The number of rotatable bonds is 4. The van der Waals surface area contributed by atoms with Gasteiger partial charge in [-0.3, -0.25) is 4.79 Å². The molecule has 3 nitrogen and oxygen atoms in total. The molecule has 0 atom stereocenters. The maximum Gasteiger partial charge on any atom is 0.227 e. The molecule has 0 aromatic carbocycles. The van der Waals surface area contributed by atoms with Crippen molar-refractivity contribution in [2.24, 2.45) is 5.92 Å². The van der Waals surface area contributed by atoms with Crippen molar-refractivity contribution in [2.45, 2.75) is 25.7 Å². The van der Waals surface area contributed by atoms with Crippen LogP contribution in [-0.4, -0.2) is 35.6 Å². The van der Waals surface area contributed by atoms with E-state index in [2.05, 4.69) is 0 Å². The van der Waals surface area contributed by atoms with Crippen LogP contribution in [0.3, 0.4) is 0 Å². The molecule has 17 heavy (non-hydrogen) atoms. The van der Waals surface area contributed by atoms with Crippen molar-refractivity contribution in [2.75, 3.05) is 19.7 Å². The summed E-state index contributed by atoms with van der Waals surface area (Å²) in [5.41, 5.74) is 1.12. The van der Waals surface area contributed by atoms with Crippen LogP contribution in [0.2, 0.25) is 0 Å². The van der Waals surface area contributed by atoms with E-state index in [0.29, 0.717) is 12.3 Å². The van der Waals surface area contributed by atoms with Crippen molar-refractivity contribution >= 4 is 17.2 Å². The predicted molar refractivity (Wildman–Crippen MR) is 69.0 cm³/mol. The Morgan fingerprint density at radius 3 is 2.82 bits per heavy atom. The first-order valence-corrected chi connectivity index (χ1v) is 7.13. The van der Waals surface area contributed by atoms with Crippen LogP contribution in [0, 0.1) is 5.92 Å². The number of aliphatic hydroxyl groups is 1. The summed E-state index contributed by atoms with van der Waals surface area (Å²) in [5.74, 6) is 0.844. The number of carbonyl (C=O) groups excluding carboxylic acids is 1. The summed E-state index contributed by atoms with van der Waals surface area (Å²) in [6.45, 7) is 1.98. The molecule has 94 valence electrons. The summed E-state index contributed by atoms with van der Waals surface area (Å²) < 4.78 is 0. The summed E-state index contributed by atoms with van der Waals surface area (Å²) >= 11 is 1.64. The molecule has 0 aliphatic carbocycles. The van der Waals surface area contributed by atoms with Gasteiger partial charge in [-0.2, -0.15) is 11.3 Å². The van der Waals surface area contributed by atoms with Gasteiger partial charge in [0.15, 0.2) is 0 Å². The lowest BCUT2D eigenvalue weighted by Gasteiger charge is -2.31. The summed E-state index contributed by atoms with van der Waals surface area (Å²) in [7, 11) is 0. The molecular formula is C13H19NO2S. The van der Waals surface area contributed by atoms with Crippen LogP contribution in [0.1, 0.15) is 24.8 Å². The van der Waals surface area contributed by atoms with Crippen molar-refractivity contribution in [3.8, 4) is 0 Å². The second kappa shape index (κ2) is 6.17. The van der Waals surface area contributed by atoms with Gasteiger partial charge in [-0.15, -0.1) is 0 Å². The minimum absolute atomic E-state index is 0.242. The maximum absolute atomic E-state index is 12.0. The molecule has 1 aliphatic rings. The first-order chi connectivity index (χ1) is 8.29. The highest BCUT2D eigenvalue weighted by Crippen LogP contribution is 2.20. The molecule has 0 unspecified atom stereocenters. The smallest absolute Gasteiger partial charge is 0.227 e. The van der Waals surface area contributed by atoms with Gasteiger partial charge in [-0.05, 0) is 47.6 Å². The van der Waals surface area contributed by atoms with E-state index in [1.54, 1.807) is 11.3 Å². The molecule has 1 amide bonds. The van der Waals surface area contributed by atoms with Crippen LogP contribution in [-0.2, 0) is 11.2 Å². The molecule has 1 aliphatic heterocycles. The van der Waals surface area contributed by atoms with E-state index in [4.69, 9.17) is 5.11 Å². The molecule has 1 aromatic rings. The largest absolute Gasteiger partial charge is 0.396 e. The summed E-state index contributed by atoms with van der Waals surface area (Å²) in [6, 6.07) is 2.01. The second-order valence-electron chi connectivity index (χ2n) is 4.64. The lowest BCUT2D eigenvalue weighted by molar-refractivity contribution is -0.131. The second-order valence-corrected chi connectivity index (χ2v) is 5.42. The third kappa shape index (κ3) is 3.54. The number of carbonyl (C=O) groups is 1. The van der Waals surface area contributed by atoms with Crippen molar-refractivity contribution in [1.29, 1.82) is 0 Å². The van der Waals surface area contributed by atoms with Crippen LogP contribution < -0.4 is 0 Å². The highest BCUT2D eigenvalue weighted by atomic mass is 32.1. The van der Waals surface area contributed by atoms with Gasteiger partial charge in [0.05, 0.1) is 6.42 Å². The van der Waals surface area contributed by atoms with E-state index in [9.17, 15) is 4.79 Å². The van der Waals surface area contributed by atoms with Crippen LogP contribution >= 0.6 is 11.3 Å². The number of nitrogens with zero attached hydrogens (tertiary/aromatic N) is 1. The SMILES string of the molecule is O=C(Cc1ccsc1)N1CCC(CCO)CC1. The number of piperidine rings is 1. The Labute approximate surface area is 106 Å². The molecule has 1 fully saturated rings. The first kappa shape index (κ1) is 12.6. The Kier molecular flexibility index (Phi) is 4.57. The Hall–Kier alpha value is -0.870. The van der Waals surface area contributed by atoms with Gasteiger partial charge in [0.25, 0.3) is 0 Å². The standard InChI is InChI=1S/C13H19NO2S/c15-7-3-11-1-5-14(6-2-11)13(16)9-12-4-8-17-10-12/h4,8,10-11,15H,1-3,5-7,9H2. The zero-order valence-corrected chi connectivity index (χ0v) is 10.8. The molecule has 1 saturated heterocycles. The fourth-order valence-electron chi connectivity index (χ4n) is 2.33. The molecule has 0 radical (unpaired) electrons. The minimum Gasteiger partial charge on any atom is -0.396 e. The highest BCUT2D eigenvalue weighted by molar-refractivity contribution is 7.07. The number of thiophene rings is 1. The fourth-order valence-corrected chi connectivity index (χ4v) is 3.00. The van der Waals surface area contributed by atoms with Crippen LogP contribution in [0.4, 0.5) is 0 Å². The molecular weight excluding hydrogens is 234 g/mol. The normalized spacial score (nSPS) is 17.4. The number of amides is 1. The molecule has 1 aromatic heterocycles. The number of hydrogen-bond donors (Lipinski definition) is 1. The molecule has 4 heteroatoms. The molecule has 0 bridgehead atoms. The van der Waals surface area contributed by atoms with Crippen LogP contribution in [0.25, 0.3) is 0 Å². The lowest BCUT2D eigenvalue weighted by atomic mass is 9.94. The van der Waals surface area contributed by atoms with Gasteiger partial charge in [0.2, 0.25) is 5.91 Å². The highest BCUT2D eigenvalue weighted by Gasteiger charge is 2.22. The number of likely N-dealkylation sites (tertiary alicyclic amines) is 1. The third-order valence-corrected chi connectivity index (χ3v) is 4.17. The predicted octanol–water partition coefficient (Wildman–Crippen LogP) is 1.91. The van der Waals surface area contributed by atoms with E-state index in [1.165, 1.54) is 0 Å². The minimum atomic E-state index is 0.242. The van der Waals surface area contributed by atoms with E-state index in [0.717, 1.165) is 37.9 Å². The van der Waals surface area contributed by atoms with Crippen molar-refractivity contribution in [3.05, 3.63) is 22.4 Å². The quantitative estimate of drug-likeness (QED) is 0.890. The van der Waals surface area contributed by atoms with Crippen molar-refractivity contribution in [3.63, 3.8) is 0 Å². The third-order valence-electron chi connectivity index (χ3n) is 3.44. The van der Waals surface area contributed by atoms with Gasteiger partial charge in [0, 0.05) is 19.7 Å². The molecule has 2 rings (SSSR count). The topological polar surface area (TPSA) is 40.5 Å². The molecule has 1 N–H and O–H groups in total. The van der Waals surface area contributed by atoms with E-state index in [-0.39, 0.29) is 12.5 Å². The summed E-state index contributed by atoms with van der Waals surface area (Å²) in [4.78, 5) is 14.0. The van der Waals surface area contributed by atoms with E-state index < -0.39 is 0 Å². The lowest BCUT2D eigenvalue weighted by Crippen LogP contribution is -2.39. The van der Waals surface area contributed by atoms with E-state index in [1.807, 2.05) is 21.7 Å². The molecule has 2 heterocycles. The van der Waals surface area contributed by atoms with Gasteiger partial charge < -0.3 is 10.0 Å². The zero-order valence-electron chi connectivity index (χ0n) is 9.97. The van der Waals surface area contributed by atoms with Crippen LogP contribution in [0.5, 0.6) is 0 Å². The Morgan fingerprint density at radius 1 is 1.47 bits per heavy atom. The Morgan fingerprint density at radius 2 is 2.24 bits per heavy atom. The zero-order chi connectivity index (χ0) is 12.1. The van der Waals surface area contributed by atoms with E-state index >= 15 is 0 Å². The van der Waals surface area contributed by atoms with Gasteiger partial charge >= 0.3 is 0 Å². The molecule has 0 saturated carbocycles. The first-order valence-electron chi connectivity index (χ1n) is 6.19. The number of hydrogen-bond acceptors (Lipinski definition) is 3. The van der Waals surface area contributed by atoms with Crippen molar-refractivity contribution in [1.82, 2.24) is 4.90 Å².